The molecule has 1 aliphatic rings. The predicted octanol–water partition coefficient (Wildman–Crippen LogP) is 3.49. The average molecular weight is 425 g/mol. The maximum atomic E-state index is 13.3. The third-order valence-electron chi connectivity index (χ3n) is 5.68. The van der Waals surface area contributed by atoms with Gasteiger partial charge in [-0.15, -0.1) is 5.10 Å². The van der Waals surface area contributed by atoms with Gasteiger partial charge in [0.1, 0.15) is 17.6 Å². The van der Waals surface area contributed by atoms with Crippen LogP contribution in [0.5, 0.6) is 5.75 Å². The van der Waals surface area contributed by atoms with Gasteiger partial charge >= 0.3 is 0 Å². The van der Waals surface area contributed by atoms with Crippen LogP contribution in [0, 0.1) is 5.82 Å². The quantitative estimate of drug-likeness (QED) is 0.625. The lowest BCUT2D eigenvalue weighted by atomic mass is 10.0. The summed E-state index contributed by atoms with van der Waals surface area (Å²) in [7, 11) is 1.69. The molecule has 8 heteroatoms. The first kappa shape index (κ1) is 21.2. The molecule has 0 spiro atoms. The van der Waals surface area contributed by atoms with Crippen molar-refractivity contribution >= 4 is 5.69 Å². The van der Waals surface area contributed by atoms with Gasteiger partial charge in [0, 0.05) is 37.4 Å². The Labute approximate surface area is 182 Å². The molecule has 164 valence electrons. The number of tetrazole rings is 1. The lowest BCUT2D eigenvalue weighted by molar-refractivity contribution is 0.188. The standard InChI is InChI=1S/C23H29FN6O/c1-23(2,3)30-22(25-26-27-30)21(19-7-5-6-8-20(19)31-4)29-15-13-28(14-16-29)18-11-9-17(24)10-12-18/h5-12,21H,13-16H2,1-4H3/t21-/m0/s1. The van der Waals surface area contributed by atoms with E-state index in [4.69, 9.17) is 4.74 Å². The third-order valence-corrected chi connectivity index (χ3v) is 5.68. The molecule has 0 unspecified atom stereocenters. The minimum Gasteiger partial charge on any atom is -0.496 e. The summed E-state index contributed by atoms with van der Waals surface area (Å²) >= 11 is 0. The van der Waals surface area contributed by atoms with E-state index >= 15 is 0 Å². The number of hydrogen-bond acceptors (Lipinski definition) is 6. The number of benzene rings is 2. The first-order valence-electron chi connectivity index (χ1n) is 10.5. The number of rotatable bonds is 5. The normalized spacial score (nSPS) is 16.4. The summed E-state index contributed by atoms with van der Waals surface area (Å²) in [5.74, 6) is 1.40. The topological polar surface area (TPSA) is 59.3 Å². The lowest BCUT2D eigenvalue weighted by Crippen LogP contribution is -2.48. The summed E-state index contributed by atoms with van der Waals surface area (Å²) in [4.78, 5) is 4.67. The van der Waals surface area contributed by atoms with Gasteiger partial charge in [0.2, 0.25) is 0 Å². The summed E-state index contributed by atoms with van der Waals surface area (Å²) in [6.45, 7) is 9.58. The van der Waals surface area contributed by atoms with Crippen LogP contribution < -0.4 is 9.64 Å². The zero-order valence-corrected chi connectivity index (χ0v) is 18.5. The molecule has 1 aromatic heterocycles. The monoisotopic (exact) mass is 424 g/mol. The Morgan fingerprint density at radius 3 is 2.29 bits per heavy atom. The number of ether oxygens (including phenoxy) is 1. The Kier molecular flexibility index (Phi) is 5.91. The Balaban J connectivity index is 1.66. The number of hydrogen-bond donors (Lipinski definition) is 0. The Hall–Kier alpha value is -3.00. The van der Waals surface area contributed by atoms with Gasteiger partial charge < -0.3 is 9.64 Å². The lowest BCUT2D eigenvalue weighted by Gasteiger charge is -2.40. The summed E-state index contributed by atoms with van der Waals surface area (Å²) in [6.07, 6.45) is 0. The zero-order chi connectivity index (χ0) is 22.0. The highest BCUT2D eigenvalue weighted by molar-refractivity contribution is 5.47. The van der Waals surface area contributed by atoms with Crippen molar-refractivity contribution in [1.82, 2.24) is 25.1 Å². The van der Waals surface area contributed by atoms with Crippen molar-refractivity contribution in [3.05, 3.63) is 65.7 Å². The molecule has 0 aliphatic carbocycles. The molecule has 7 nitrogen and oxygen atoms in total. The van der Waals surface area contributed by atoms with Crippen LogP contribution in [-0.2, 0) is 5.54 Å². The van der Waals surface area contributed by atoms with E-state index in [9.17, 15) is 4.39 Å². The molecular formula is C23H29FN6O. The molecule has 0 radical (unpaired) electrons. The van der Waals surface area contributed by atoms with Gasteiger partial charge in [-0.1, -0.05) is 18.2 Å². The van der Waals surface area contributed by atoms with E-state index in [1.807, 2.05) is 35.0 Å². The second kappa shape index (κ2) is 8.63. The molecule has 2 heterocycles. The number of halogens is 1. The van der Waals surface area contributed by atoms with Crippen molar-refractivity contribution in [3.63, 3.8) is 0 Å². The molecule has 2 aromatic carbocycles. The van der Waals surface area contributed by atoms with Crippen LogP contribution in [0.3, 0.4) is 0 Å². The van der Waals surface area contributed by atoms with Crippen LogP contribution in [0.1, 0.15) is 38.2 Å². The highest BCUT2D eigenvalue weighted by atomic mass is 19.1. The molecule has 31 heavy (non-hydrogen) atoms. The molecule has 3 aromatic rings. The van der Waals surface area contributed by atoms with E-state index in [1.54, 1.807) is 7.11 Å². The fraction of sp³-hybridized carbons (Fsp3) is 0.435. The van der Waals surface area contributed by atoms with Gasteiger partial charge in [-0.3, -0.25) is 4.90 Å². The van der Waals surface area contributed by atoms with Gasteiger partial charge in [0.15, 0.2) is 5.82 Å². The van der Waals surface area contributed by atoms with E-state index in [2.05, 4.69) is 52.2 Å². The number of piperazine rings is 1. The smallest absolute Gasteiger partial charge is 0.173 e. The van der Waals surface area contributed by atoms with Crippen molar-refractivity contribution < 1.29 is 9.13 Å². The van der Waals surface area contributed by atoms with Gasteiger partial charge in [-0.05, 0) is 61.5 Å². The van der Waals surface area contributed by atoms with Gasteiger partial charge in [0.05, 0.1) is 12.6 Å². The molecule has 1 fully saturated rings. The SMILES string of the molecule is COc1ccccc1[C@@H](c1nnnn1C(C)(C)C)N1CCN(c2ccc(F)cc2)CC1. The first-order chi connectivity index (χ1) is 14.9. The Bertz CT molecular complexity index is 1010. The number of para-hydroxylation sites is 1. The van der Waals surface area contributed by atoms with Crippen molar-refractivity contribution in [3.8, 4) is 5.75 Å². The molecule has 1 atom stereocenters. The highest BCUT2D eigenvalue weighted by Crippen LogP contribution is 2.35. The van der Waals surface area contributed by atoms with Crippen LogP contribution in [-0.4, -0.2) is 58.4 Å². The van der Waals surface area contributed by atoms with E-state index < -0.39 is 0 Å². The maximum Gasteiger partial charge on any atom is 0.173 e. The second-order valence-electron chi connectivity index (χ2n) is 8.76. The zero-order valence-electron chi connectivity index (χ0n) is 18.5. The average Bonchev–Trinajstić information content (AvgIpc) is 3.26. The van der Waals surface area contributed by atoms with Crippen LogP contribution in [0.4, 0.5) is 10.1 Å². The molecule has 1 aliphatic heterocycles. The predicted molar refractivity (Wildman–Crippen MR) is 118 cm³/mol. The van der Waals surface area contributed by atoms with Crippen LogP contribution in [0.2, 0.25) is 0 Å². The fourth-order valence-corrected chi connectivity index (χ4v) is 4.12. The molecule has 1 saturated heterocycles. The van der Waals surface area contributed by atoms with Crippen molar-refractivity contribution in [1.29, 1.82) is 0 Å². The molecule has 0 amide bonds. The minimum absolute atomic E-state index is 0.138. The number of nitrogens with zero attached hydrogens (tertiary/aromatic N) is 6. The number of anilines is 1. The van der Waals surface area contributed by atoms with E-state index in [-0.39, 0.29) is 17.4 Å². The maximum absolute atomic E-state index is 13.3. The largest absolute Gasteiger partial charge is 0.496 e. The molecule has 0 N–H and O–H groups in total. The summed E-state index contributed by atoms with van der Waals surface area (Å²) in [6, 6.07) is 14.6. The molecule has 4 rings (SSSR count). The minimum atomic E-state index is -0.255. The Morgan fingerprint density at radius 2 is 1.65 bits per heavy atom. The van der Waals surface area contributed by atoms with E-state index in [1.165, 1.54) is 12.1 Å². The van der Waals surface area contributed by atoms with Crippen LogP contribution in [0.25, 0.3) is 0 Å². The first-order valence-corrected chi connectivity index (χ1v) is 10.5. The number of methoxy groups -OCH3 is 1. The highest BCUT2D eigenvalue weighted by Gasteiger charge is 2.34. The van der Waals surface area contributed by atoms with Crippen molar-refractivity contribution in [2.24, 2.45) is 0 Å². The van der Waals surface area contributed by atoms with Gasteiger partial charge in [-0.25, -0.2) is 9.07 Å². The van der Waals surface area contributed by atoms with Crippen molar-refractivity contribution in [2.45, 2.75) is 32.4 Å². The number of aromatic nitrogens is 4. The van der Waals surface area contributed by atoms with Crippen LogP contribution in [0.15, 0.2) is 48.5 Å². The van der Waals surface area contributed by atoms with Gasteiger partial charge in [0.25, 0.3) is 0 Å². The third kappa shape index (κ3) is 4.39. The second-order valence-corrected chi connectivity index (χ2v) is 8.76. The van der Waals surface area contributed by atoms with Gasteiger partial charge in [-0.2, -0.15) is 0 Å². The molecule has 0 saturated carbocycles. The van der Waals surface area contributed by atoms with E-state index in [0.29, 0.717) is 0 Å². The Morgan fingerprint density at radius 1 is 0.968 bits per heavy atom. The summed E-state index contributed by atoms with van der Waals surface area (Å²) in [5, 5.41) is 12.7. The molecule has 0 bridgehead atoms. The van der Waals surface area contributed by atoms with Crippen molar-refractivity contribution in [2.75, 3.05) is 38.2 Å². The summed E-state index contributed by atoms with van der Waals surface area (Å²) < 4.78 is 20.9. The summed E-state index contributed by atoms with van der Waals surface area (Å²) in [5.41, 5.74) is 1.82. The van der Waals surface area contributed by atoms with Crippen LogP contribution >= 0.6 is 0 Å². The molecular weight excluding hydrogens is 395 g/mol. The fourth-order valence-electron chi connectivity index (χ4n) is 4.12. The van der Waals surface area contributed by atoms with E-state index in [0.717, 1.165) is 49.0 Å².